The van der Waals surface area contributed by atoms with Crippen LogP contribution in [0.25, 0.3) is 0 Å². The summed E-state index contributed by atoms with van der Waals surface area (Å²) in [5.74, 6) is 1.22. The van der Waals surface area contributed by atoms with Crippen molar-refractivity contribution in [3.8, 4) is 11.5 Å². The third-order valence-electron chi connectivity index (χ3n) is 4.32. The fraction of sp³-hybridized carbons (Fsp3) is 0.647. The van der Waals surface area contributed by atoms with Gasteiger partial charge in [0, 0.05) is 25.2 Å². The molecule has 0 spiro atoms. The zero-order valence-electron chi connectivity index (χ0n) is 15.1. The van der Waals surface area contributed by atoms with E-state index < -0.39 is 10.0 Å². The van der Waals surface area contributed by atoms with Crippen molar-refractivity contribution in [1.82, 2.24) is 4.31 Å². The Balaban J connectivity index is 0.00000312. The number of rotatable bonds is 7. The first-order valence-electron chi connectivity index (χ1n) is 8.55. The van der Waals surface area contributed by atoms with Crippen LogP contribution in [0.2, 0.25) is 0 Å². The lowest BCUT2D eigenvalue weighted by Gasteiger charge is -2.33. The molecule has 0 amide bonds. The van der Waals surface area contributed by atoms with Gasteiger partial charge in [0.2, 0.25) is 10.0 Å². The van der Waals surface area contributed by atoms with Crippen LogP contribution in [-0.2, 0) is 10.0 Å². The molecule has 8 heteroatoms. The molecule has 1 heterocycles. The molecule has 0 saturated carbocycles. The van der Waals surface area contributed by atoms with Gasteiger partial charge in [0.15, 0.2) is 11.5 Å². The highest BCUT2D eigenvalue weighted by atomic mass is 35.5. The normalized spacial score (nSPS) is 19.8. The fourth-order valence-corrected chi connectivity index (χ4v) is 4.51. The summed E-state index contributed by atoms with van der Waals surface area (Å²) in [6.07, 6.45) is 1.80. The van der Waals surface area contributed by atoms with Crippen LogP contribution >= 0.6 is 12.4 Å². The smallest absolute Gasteiger partial charge is 0.243 e. The number of nitrogens with zero attached hydrogens (tertiary/aromatic N) is 1. The van der Waals surface area contributed by atoms with Gasteiger partial charge in [-0.05, 0) is 51.7 Å². The Hall–Kier alpha value is -1.02. The SMILES string of the molecule is CCOc1ccc(S(=O)(=O)N2CCCC(C(C)N)C2)cc1OCC.Cl. The van der Waals surface area contributed by atoms with Crippen LogP contribution in [0.3, 0.4) is 0 Å². The number of piperidine rings is 1. The molecular formula is C17H29ClN2O4S. The molecule has 0 aromatic heterocycles. The summed E-state index contributed by atoms with van der Waals surface area (Å²) >= 11 is 0. The van der Waals surface area contributed by atoms with E-state index in [2.05, 4.69) is 0 Å². The van der Waals surface area contributed by atoms with Gasteiger partial charge in [-0.2, -0.15) is 4.31 Å². The van der Waals surface area contributed by atoms with Gasteiger partial charge in [0.25, 0.3) is 0 Å². The zero-order chi connectivity index (χ0) is 17.7. The molecule has 1 aliphatic rings. The Bertz CT molecular complexity index is 652. The number of ether oxygens (including phenoxy) is 2. The largest absolute Gasteiger partial charge is 0.490 e. The fourth-order valence-electron chi connectivity index (χ4n) is 2.96. The molecule has 1 fully saturated rings. The van der Waals surface area contributed by atoms with Crippen molar-refractivity contribution in [2.45, 2.75) is 44.6 Å². The Kier molecular flexibility index (Phi) is 8.47. The Morgan fingerprint density at radius 1 is 1.24 bits per heavy atom. The van der Waals surface area contributed by atoms with E-state index in [1.807, 2.05) is 20.8 Å². The molecule has 1 aromatic rings. The summed E-state index contributed by atoms with van der Waals surface area (Å²) in [5.41, 5.74) is 5.97. The first kappa shape index (κ1) is 22.0. The first-order chi connectivity index (χ1) is 11.4. The predicted octanol–water partition coefficient (Wildman–Crippen LogP) is 2.65. The molecule has 0 radical (unpaired) electrons. The van der Waals surface area contributed by atoms with Crippen LogP contribution in [-0.4, -0.2) is 45.1 Å². The second-order valence-electron chi connectivity index (χ2n) is 6.10. The number of sulfonamides is 1. The minimum Gasteiger partial charge on any atom is -0.490 e. The molecule has 0 aliphatic carbocycles. The van der Waals surface area contributed by atoms with Crippen LogP contribution < -0.4 is 15.2 Å². The van der Waals surface area contributed by atoms with Gasteiger partial charge in [-0.15, -0.1) is 12.4 Å². The van der Waals surface area contributed by atoms with Crippen molar-refractivity contribution in [2.75, 3.05) is 26.3 Å². The van der Waals surface area contributed by atoms with Crippen LogP contribution in [0, 0.1) is 5.92 Å². The van der Waals surface area contributed by atoms with Gasteiger partial charge < -0.3 is 15.2 Å². The van der Waals surface area contributed by atoms with Crippen molar-refractivity contribution in [2.24, 2.45) is 11.7 Å². The van der Waals surface area contributed by atoms with Gasteiger partial charge in [-0.25, -0.2) is 8.42 Å². The first-order valence-corrected chi connectivity index (χ1v) is 9.99. The van der Waals surface area contributed by atoms with E-state index in [0.29, 0.717) is 37.8 Å². The quantitative estimate of drug-likeness (QED) is 0.771. The standard InChI is InChI=1S/C17H28N2O4S.ClH/c1-4-22-16-9-8-15(11-17(16)23-5-2)24(20,21)19-10-6-7-14(12-19)13(3)18;/h8-9,11,13-14H,4-7,10,12,18H2,1-3H3;1H. The highest BCUT2D eigenvalue weighted by Gasteiger charge is 2.32. The lowest BCUT2D eigenvalue weighted by Crippen LogP contribution is -2.44. The Morgan fingerprint density at radius 2 is 1.88 bits per heavy atom. The Labute approximate surface area is 157 Å². The average Bonchev–Trinajstić information content (AvgIpc) is 2.57. The van der Waals surface area contributed by atoms with E-state index in [1.165, 1.54) is 4.31 Å². The van der Waals surface area contributed by atoms with Crippen molar-refractivity contribution in [3.05, 3.63) is 18.2 Å². The number of benzene rings is 1. The van der Waals surface area contributed by atoms with E-state index in [0.717, 1.165) is 12.8 Å². The monoisotopic (exact) mass is 392 g/mol. The van der Waals surface area contributed by atoms with Gasteiger partial charge >= 0.3 is 0 Å². The third kappa shape index (κ3) is 5.23. The van der Waals surface area contributed by atoms with E-state index in [-0.39, 0.29) is 29.3 Å². The van der Waals surface area contributed by atoms with Gasteiger partial charge in [-0.1, -0.05) is 0 Å². The number of hydrogen-bond donors (Lipinski definition) is 1. The summed E-state index contributed by atoms with van der Waals surface area (Å²) in [4.78, 5) is 0.236. The van der Waals surface area contributed by atoms with Crippen molar-refractivity contribution in [1.29, 1.82) is 0 Å². The van der Waals surface area contributed by atoms with Crippen LogP contribution in [0.5, 0.6) is 11.5 Å². The van der Waals surface area contributed by atoms with Crippen LogP contribution in [0.1, 0.15) is 33.6 Å². The molecule has 2 unspecified atom stereocenters. The summed E-state index contributed by atoms with van der Waals surface area (Å²) in [6, 6.07) is 4.79. The molecule has 1 aromatic carbocycles. The van der Waals surface area contributed by atoms with Gasteiger partial charge in [-0.3, -0.25) is 0 Å². The summed E-state index contributed by atoms with van der Waals surface area (Å²) in [5, 5.41) is 0. The lowest BCUT2D eigenvalue weighted by atomic mass is 9.93. The molecule has 2 rings (SSSR count). The highest BCUT2D eigenvalue weighted by molar-refractivity contribution is 7.89. The molecule has 2 N–H and O–H groups in total. The minimum absolute atomic E-state index is 0. The number of hydrogen-bond acceptors (Lipinski definition) is 5. The Morgan fingerprint density at radius 3 is 2.48 bits per heavy atom. The van der Waals surface area contributed by atoms with Crippen molar-refractivity contribution < 1.29 is 17.9 Å². The van der Waals surface area contributed by atoms with E-state index in [4.69, 9.17) is 15.2 Å². The summed E-state index contributed by atoms with van der Waals surface area (Å²) in [6.45, 7) is 7.61. The van der Waals surface area contributed by atoms with Crippen LogP contribution in [0.4, 0.5) is 0 Å². The maximum absolute atomic E-state index is 13.0. The molecule has 1 saturated heterocycles. The third-order valence-corrected chi connectivity index (χ3v) is 6.18. The maximum Gasteiger partial charge on any atom is 0.243 e. The zero-order valence-corrected chi connectivity index (χ0v) is 16.7. The predicted molar refractivity (Wildman–Crippen MR) is 101 cm³/mol. The molecular weight excluding hydrogens is 364 g/mol. The van der Waals surface area contributed by atoms with Crippen LogP contribution in [0.15, 0.2) is 23.1 Å². The second kappa shape index (κ2) is 9.62. The minimum atomic E-state index is -3.56. The van der Waals surface area contributed by atoms with Crippen molar-refractivity contribution in [3.63, 3.8) is 0 Å². The van der Waals surface area contributed by atoms with Gasteiger partial charge in [0.05, 0.1) is 18.1 Å². The lowest BCUT2D eigenvalue weighted by molar-refractivity contribution is 0.243. The topological polar surface area (TPSA) is 81.9 Å². The number of nitrogens with two attached hydrogens (primary N) is 1. The summed E-state index contributed by atoms with van der Waals surface area (Å²) in [7, 11) is -3.56. The van der Waals surface area contributed by atoms with E-state index in [1.54, 1.807) is 18.2 Å². The van der Waals surface area contributed by atoms with Crippen molar-refractivity contribution >= 4 is 22.4 Å². The summed E-state index contributed by atoms with van der Waals surface area (Å²) < 4.78 is 38.5. The highest BCUT2D eigenvalue weighted by Crippen LogP contribution is 2.32. The van der Waals surface area contributed by atoms with E-state index >= 15 is 0 Å². The second-order valence-corrected chi connectivity index (χ2v) is 8.04. The molecule has 1 aliphatic heterocycles. The number of halogens is 1. The molecule has 0 bridgehead atoms. The van der Waals surface area contributed by atoms with Gasteiger partial charge in [0.1, 0.15) is 0 Å². The molecule has 6 nitrogen and oxygen atoms in total. The van der Waals surface area contributed by atoms with E-state index in [9.17, 15) is 8.42 Å². The molecule has 144 valence electrons. The maximum atomic E-state index is 13.0. The average molecular weight is 393 g/mol. The molecule has 2 atom stereocenters. The molecule has 25 heavy (non-hydrogen) atoms.